The van der Waals surface area contributed by atoms with Crippen molar-refractivity contribution in [2.75, 3.05) is 19.5 Å². The van der Waals surface area contributed by atoms with E-state index in [1.807, 2.05) is 26.0 Å². The number of carboxylic acid groups (broad SMARTS) is 1. The number of carbonyl (C=O) groups is 1. The van der Waals surface area contributed by atoms with Crippen LogP contribution in [0.2, 0.25) is 0 Å². The number of carboxylic acids is 1. The summed E-state index contributed by atoms with van der Waals surface area (Å²) in [5, 5.41) is 12.4. The van der Waals surface area contributed by atoms with E-state index in [4.69, 9.17) is 14.2 Å². The Bertz CT molecular complexity index is 792. The Morgan fingerprint density at radius 1 is 1.15 bits per heavy atom. The highest BCUT2D eigenvalue weighted by molar-refractivity contribution is 9.10. The van der Waals surface area contributed by atoms with Crippen molar-refractivity contribution in [2.24, 2.45) is 0 Å². The van der Waals surface area contributed by atoms with Gasteiger partial charge >= 0.3 is 5.97 Å². The highest BCUT2D eigenvalue weighted by Gasteiger charge is 2.17. The van der Waals surface area contributed by atoms with E-state index < -0.39 is 5.97 Å². The molecule has 2 aromatic carbocycles. The average Bonchev–Trinajstić information content (AvgIpc) is 2.60. The Morgan fingerprint density at radius 2 is 1.81 bits per heavy atom. The molecule has 0 radical (unpaired) electrons. The van der Waals surface area contributed by atoms with Crippen LogP contribution >= 0.6 is 15.9 Å². The number of ether oxygens (including phenoxy) is 3. The largest absolute Gasteiger partial charge is 0.495 e. The molecule has 0 fully saturated rings. The standard InChI is InChI=1S/C19H22BrNO5/c1-11(2)26-18-13(14(20)6-8-17(18)25-4)10-21-15-9-12(19(22)23)5-7-16(15)24-3/h5-9,11,21H,10H2,1-4H3,(H,22,23). The lowest BCUT2D eigenvalue weighted by molar-refractivity contribution is 0.0697. The van der Waals surface area contributed by atoms with Gasteiger partial charge in [-0.15, -0.1) is 0 Å². The van der Waals surface area contributed by atoms with Gasteiger partial charge in [-0.3, -0.25) is 0 Å². The highest BCUT2D eigenvalue weighted by atomic mass is 79.9. The van der Waals surface area contributed by atoms with Crippen LogP contribution in [0.1, 0.15) is 29.8 Å². The van der Waals surface area contributed by atoms with Crippen LogP contribution in [0.4, 0.5) is 5.69 Å². The number of methoxy groups -OCH3 is 2. The third-order valence-corrected chi connectivity index (χ3v) is 4.39. The lowest BCUT2D eigenvalue weighted by Gasteiger charge is -2.20. The molecule has 0 aliphatic heterocycles. The molecule has 0 saturated heterocycles. The molecular formula is C19H22BrNO5. The lowest BCUT2D eigenvalue weighted by atomic mass is 10.1. The normalized spacial score (nSPS) is 10.5. The fraction of sp³-hybridized carbons (Fsp3) is 0.316. The molecule has 0 aliphatic carbocycles. The summed E-state index contributed by atoms with van der Waals surface area (Å²) in [5.41, 5.74) is 1.62. The zero-order valence-corrected chi connectivity index (χ0v) is 16.7. The van der Waals surface area contributed by atoms with Gasteiger partial charge in [-0.1, -0.05) is 15.9 Å². The Morgan fingerprint density at radius 3 is 2.38 bits per heavy atom. The van der Waals surface area contributed by atoms with Crippen LogP contribution in [0.15, 0.2) is 34.8 Å². The first kappa shape index (κ1) is 19.9. The summed E-state index contributed by atoms with van der Waals surface area (Å²) in [6.07, 6.45) is -0.0261. The number of hydrogen-bond acceptors (Lipinski definition) is 5. The molecule has 2 rings (SSSR count). The van der Waals surface area contributed by atoms with Gasteiger partial charge < -0.3 is 24.6 Å². The second-order valence-corrected chi connectivity index (χ2v) is 6.65. The van der Waals surface area contributed by atoms with Gasteiger partial charge in [-0.25, -0.2) is 4.79 Å². The van der Waals surface area contributed by atoms with E-state index in [1.165, 1.54) is 19.2 Å². The molecule has 0 spiro atoms. The molecule has 6 nitrogen and oxygen atoms in total. The molecule has 0 unspecified atom stereocenters. The molecule has 7 heteroatoms. The Hall–Kier alpha value is -2.41. The Kier molecular flexibility index (Phi) is 6.74. The molecule has 0 bridgehead atoms. The lowest BCUT2D eigenvalue weighted by Crippen LogP contribution is -2.11. The predicted octanol–water partition coefficient (Wildman–Crippen LogP) is 4.56. The third-order valence-electron chi connectivity index (χ3n) is 3.64. The zero-order valence-electron chi connectivity index (χ0n) is 15.1. The molecule has 26 heavy (non-hydrogen) atoms. The number of nitrogens with one attached hydrogen (secondary N) is 1. The summed E-state index contributed by atoms with van der Waals surface area (Å²) < 4.78 is 17.5. The van der Waals surface area contributed by atoms with Crippen LogP contribution in [-0.4, -0.2) is 31.4 Å². The van der Waals surface area contributed by atoms with E-state index in [0.29, 0.717) is 29.5 Å². The second kappa shape index (κ2) is 8.80. The quantitative estimate of drug-likeness (QED) is 0.647. The van der Waals surface area contributed by atoms with Crippen molar-refractivity contribution < 1.29 is 24.1 Å². The molecule has 0 amide bonds. The second-order valence-electron chi connectivity index (χ2n) is 5.80. The molecule has 0 saturated carbocycles. The van der Waals surface area contributed by atoms with Crippen molar-refractivity contribution in [3.63, 3.8) is 0 Å². The Labute approximate surface area is 161 Å². The number of hydrogen-bond donors (Lipinski definition) is 2. The van der Waals surface area contributed by atoms with Gasteiger partial charge in [0, 0.05) is 16.6 Å². The minimum absolute atomic E-state index is 0.0261. The summed E-state index contributed by atoms with van der Waals surface area (Å²) in [5.74, 6) is 0.824. The van der Waals surface area contributed by atoms with E-state index in [0.717, 1.165) is 10.0 Å². The van der Waals surface area contributed by atoms with Crippen molar-refractivity contribution in [1.82, 2.24) is 0 Å². The summed E-state index contributed by atoms with van der Waals surface area (Å²) in [6.45, 7) is 4.27. The average molecular weight is 424 g/mol. The summed E-state index contributed by atoms with van der Waals surface area (Å²) in [7, 11) is 3.13. The van der Waals surface area contributed by atoms with Gasteiger partial charge in [0.15, 0.2) is 11.5 Å². The number of anilines is 1. The van der Waals surface area contributed by atoms with E-state index in [1.54, 1.807) is 13.2 Å². The summed E-state index contributed by atoms with van der Waals surface area (Å²) >= 11 is 3.55. The zero-order chi connectivity index (χ0) is 19.3. The van der Waals surface area contributed by atoms with Crippen molar-refractivity contribution in [1.29, 1.82) is 0 Å². The van der Waals surface area contributed by atoms with Gasteiger partial charge in [0.1, 0.15) is 5.75 Å². The van der Waals surface area contributed by atoms with Crippen molar-refractivity contribution >= 4 is 27.6 Å². The van der Waals surface area contributed by atoms with Gasteiger partial charge in [0.25, 0.3) is 0 Å². The van der Waals surface area contributed by atoms with Crippen LogP contribution in [0, 0.1) is 0 Å². The van der Waals surface area contributed by atoms with Crippen LogP contribution in [0.5, 0.6) is 17.2 Å². The molecule has 0 aromatic heterocycles. The fourth-order valence-corrected chi connectivity index (χ4v) is 2.89. The van der Waals surface area contributed by atoms with Crippen LogP contribution in [0.3, 0.4) is 0 Å². The van der Waals surface area contributed by atoms with E-state index >= 15 is 0 Å². The minimum atomic E-state index is -0.998. The van der Waals surface area contributed by atoms with Gasteiger partial charge in [-0.2, -0.15) is 0 Å². The van der Waals surface area contributed by atoms with Crippen molar-refractivity contribution in [3.8, 4) is 17.2 Å². The van der Waals surface area contributed by atoms with Gasteiger partial charge in [0.2, 0.25) is 0 Å². The first-order chi connectivity index (χ1) is 12.4. The minimum Gasteiger partial charge on any atom is -0.495 e. The van der Waals surface area contributed by atoms with E-state index in [-0.39, 0.29) is 11.7 Å². The molecule has 2 N–H and O–H groups in total. The summed E-state index contributed by atoms with van der Waals surface area (Å²) in [4.78, 5) is 11.2. The molecule has 140 valence electrons. The number of halogens is 1. The number of aromatic carboxylic acids is 1. The maximum Gasteiger partial charge on any atom is 0.335 e. The molecular weight excluding hydrogens is 402 g/mol. The van der Waals surface area contributed by atoms with Crippen molar-refractivity contribution in [2.45, 2.75) is 26.5 Å². The topological polar surface area (TPSA) is 77.0 Å². The van der Waals surface area contributed by atoms with Crippen LogP contribution in [-0.2, 0) is 6.54 Å². The summed E-state index contributed by atoms with van der Waals surface area (Å²) in [6, 6.07) is 8.38. The van der Waals surface area contributed by atoms with Gasteiger partial charge in [-0.05, 0) is 44.2 Å². The van der Waals surface area contributed by atoms with Crippen LogP contribution < -0.4 is 19.5 Å². The first-order valence-electron chi connectivity index (χ1n) is 8.04. The number of benzene rings is 2. The molecule has 2 aromatic rings. The Balaban J connectivity index is 2.37. The molecule has 0 atom stereocenters. The smallest absolute Gasteiger partial charge is 0.335 e. The fourth-order valence-electron chi connectivity index (χ4n) is 2.44. The number of rotatable bonds is 8. The third kappa shape index (κ3) is 4.60. The van der Waals surface area contributed by atoms with E-state index in [2.05, 4.69) is 21.2 Å². The first-order valence-corrected chi connectivity index (χ1v) is 8.83. The molecule has 0 heterocycles. The van der Waals surface area contributed by atoms with Gasteiger partial charge in [0.05, 0.1) is 31.6 Å². The highest BCUT2D eigenvalue weighted by Crippen LogP contribution is 2.38. The molecule has 0 aliphatic rings. The maximum atomic E-state index is 11.2. The van der Waals surface area contributed by atoms with Crippen molar-refractivity contribution in [3.05, 3.63) is 45.9 Å². The predicted molar refractivity (Wildman–Crippen MR) is 104 cm³/mol. The van der Waals surface area contributed by atoms with Crippen LogP contribution in [0.25, 0.3) is 0 Å². The monoisotopic (exact) mass is 423 g/mol. The maximum absolute atomic E-state index is 11.2. The van der Waals surface area contributed by atoms with E-state index in [9.17, 15) is 9.90 Å². The SMILES string of the molecule is COc1ccc(C(=O)O)cc1NCc1c(Br)ccc(OC)c1OC(C)C.